The van der Waals surface area contributed by atoms with Crippen LogP contribution in [0.25, 0.3) is 5.57 Å². The molecule has 0 saturated heterocycles. The van der Waals surface area contributed by atoms with Gasteiger partial charge in [0.05, 0.1) is 17.4 Å². The van der Waals surface area contributed by atoms with E-state index in [2.05, 4.69) is 40.7 Å². The minimum absolute atomic E-state index is 0.247. The number of aromatic nitrogens is 1. The average Bonchev–Trinajstić information content (AvgIpc) is 2.62. The third-order valence-electron chi connectivity index (χ3n) is 4.49. The van der Waals surface area contributed by atoms with E-state index in [0.717, 1.165) is 0 Å². The number of allylic oxidation sites excluding steroid dienone is 4. The van der Waals surface area contributed by atoms with Gasteiger partial charge in [-0.3, -0.25) is 4.98 Å². The van der Waals surface area contributed by atoms with Gasteiger partial charge in [-0.2, -0.15) is 0 Å². The predicted molar refractivity (Wildman–Crippen MR) is 93.8 cm³/mol. The Morgan fingerprint density at radius 2 is 2.00 bits per heavy atom. The second kappa shape index (κ2) is 5.81. The van der Waals surface area contributed by atoms with Gasteiger partial charge in [-0.25, -0.2) is 4.79 Å². The zero-order valence-electron chi connectivity index (χ0n) is 12.9. The molecule has 2 aromatic rings. The number of hydrogen-bond acceptors (Lipinski definition) is 3. The lowest BCUT2D eigenvalue weighted by atomic mass is 9.70. The first-order chi connectivity index (χ1) is 11.7. The molecule has 0 saturated carbocycles. The smallest absolute Gasteiger partial charge is 0.337 e. The Bertz CT molecular complexity index is 892. The van der Waals surface area contributed by atoms with Gasteiger partial charge in [-0.1, -0.05) is 48.6 Å². The number of fused-ring (bicyclic) bond motifs is 2. The third kappa shape index (κ3) is 2.42. The molecule has 2 bridgehead atoms. The van der Waals surface area contributed by atoms with Crippen molar-refractivity contribution in [2.75, 3.05) is 11.9 Å². The molecule has 4 heteroatoms. The van der Waals surface area contributed by atoms with Crippen LogP contribution in [-0.4, -0.2) is 22.6 Å². The predicted octanol–water partition coefficient (Wildman–Crippen LogP) is 3.77. The van der Waals surface area contributed by atoms with Crippen LogP contribution >= 0.6 is 0 Å². The Morgan fingerprint density at radius 3 is 2.75 bits per heavy atom. The number of carbonyl (C=O) groups is 1. The first kappa shape index (κ1) is 14.5. The number of benzene rings is 1. The Hall–Kier alpha value is -3.14. The van der Waals surface area contributed by atoms with Crippen molar-refractivity contribution in [3.8, 4) is 0 Å². The van der Waals surface area contributed by atoms with Crippen molar-refractivity contribution in [1.82, 2.24) is 4.98 Å². The lowest BCUT2D eigenvalue weighted by Crippen LogP contribution is -2.27. The van der Waals surface area contributed by atoms with Crippen molar-refractivity contribution in [1.29, 1.82) is 0 Å². The van der Waals surface area contributed by atoms with E-state index in [1.807, 2.05) is 18.2 Å². The van der Waals surface area contributed by atoms with Crippen molar-refractivity contribution in [3.63, 3.8) is 0 Å². The highest BCUT2D eigenvalue weighted by atomic mass is 16.4. The Morgan fingerprint density at radius 1 is 1.17 bits per heavy atom. The zero-order chi connectivity index (χ0) is 16.5. The summed E-state index contributed by atoms with van der Waals surface area (Å²) in [6.07, 6.45) is 9.56. The van der Waals surface area contributed by atoms with Crippen LogP contribution in [0.4, 0.5) is 5.69 Å². The summed E-state index contributed by atoms with van der Waals surface area (Å²) in [7, 11) is 0. The van der Waals surface area contributed by atoms with Gasteiger partial charge in [-0.15, -0.1) is 0 Å². The van der Waals surface area contributed by atoms with Crippen LogP contribution in [0.15, 0.2) is 78.2 Å². The highest BCUT2D eigenvalue weighted by molar-refractivity contribution is 5.94. The zero-order valence-corrected chi connectivity index (χ0v) is 12.9. The number of aromatic carboxylic acids is 1. The monoisotopic (exact) mass is 316 g/mol. The SMILES string of the molecule is O=C(O)c1ccncc1NCC1c2ccc(-c3ccccc3)c1c2. The topological polar surface area (TPSA) is 62.2 Å². The molecule has 2 aliphatic carbocycles. The lowest BCUT2D eigenvalue weighted by Gasteiger charge is -2.35. The van der Waals surface area contributed by atoms with Gasteiger partial charge in [-0.05, 0) is 28.3 Å². The van der Waals surface area contributed by atoms with Crippen LogP contribution in [-0.2, 0) is 0 Å². The molecular weight excluding hydrogens is 300 g/mol. The highest BCUT2D eigenvalue weighted by Gasteiger charge is 2.32. The summed E-state index contributed by atoms with van der Waals surface area (Å²) in [5.74, 6) is -0.663. The van der Waals surface area contributed by atoms with E-state index in [-0.39, 0.29) is 11.5 Å². The first-order valence-corrected chi connectivity index (χ1v) is 7.84. The Kier molecular flexibility index (Phi) is 3.50. The van der Waals surface area contributed by atoms with Gasteiger partial charge < -0.3 is 10.4 Å². The second-order valence-electron chi connectivity index (χ2n) is 5.87. The Balaban J connectivity index is 1.51. The molecule has 1 heterocycles. The van der Waals surface area contributed by atoms with E-state index < -0.39 is 5.97 Å². The highest BCUT2D eigenvalue weighted by Crippen LogP contribution is 2.45. The van der Waals surface area contributed by atoms with Gasteiger partial charge in [0.2, 0.25) is 0 Å². The van der Waals surface area contributed by atoms with E-state index in [1.165, 1.54) is 34.5 Å². The van der Waals surface area contributed by atoms with Crippen LogP contribution in [0.5, 0.6) is 0 Å². The summed E-state index contributed by atoms with van der Waals surface area (Å²) in [5, 5.41) is 12.5. The van der Waals surface area contributed by atoms with Crippen LogP contribution in [0.3, 0.4) is 0 Å². The molecule has 2 aliphatic rings. The molecule has 0 amide bonds. The van der Waals surface area contributed by atoms with Crippen LogP contribution in [0.2, 0.25) is 0 Å². The van der Waals surface area contributed by atoms with E-state index in [4.69, 9.17) is 0 Å². The maximum absolute atomic E-state index is 11.3. The van der Waals surface area contributed by atoms with E-state index in [1.54, 1.807) is 6.20 Å². The van der Waals surface area contributed by atoms with E-state index >= 15 is 0 Å². The summed E-state index contributed by atoms with van der Waals surface area (Å²) >= 11 is 0. The molecule has 1 aromatic carbocycles. The number of pyridine rings is 1. The van der Waals surface area contributed by atoms with Gasteiger partial charge >= 0.3 is 5.97 Å². The molecule has 0 fully saturated rings. The fraction of sp³-hybridized carbons (Fsp3) is 0.100. The largest absolute Gasteiger partial charge is 0.478 e. The van der Waals surface area contributed by atoms with Gasteiger partial charge in [0.25, 0.3) is 0 Å². The fourth-order valence-electron chi connectivity index (χ4n) is 3.21. The minimum Gasteiger partial charge on any atom is -0.478 e. The number of rotatable bonds is 5. The third-order valence-corrected chi connectivity index (χ3v) is 4.49. The minimum atomic E-state index is -0.947. The molecule has 2 N–H and O–H groups in total. The second-order valence-corrected chi connectivity index (χ2v) is 5.87. The first-order valence-electron chi connectivity index (χ1n) is 7.84. The summed E-state index contributed by atoms with van der Waals surface area (Å²) in [4.78, 5) is 15.3. The van der Waals surface area contributed by atoms with Crippen molar-refractivity contribution in [2.24, 2.45) is 5.92 Å². The number of carboxylic acids is 1. The number of anilines is 1. The molecule has 0 spiro atoms. The van der Waals surface area contributed by atoms with Crippen LogP contribution in [0, 0.1) is 5.92 Å². The average molecular weight is 316 g/mol. The van der Waals surface area contributed by atoms with Crippen molar-refractivity contribution in [2.45, 2.75) is 0 Å². The van der Waals surface area contributed by atoms with E-state index in [9.17, 15) is 9.90 Å². The molecule has 0 aliphatic heterocycles. The molecule has 4 nitrogen and oxygen atoms in total. The van der Waals surface area contributed by atoms with Gasteiger partial charge in [0.15, 0.2) is 0 Å². The van der Waals surface area contributed by atoms with Crippen molar-refractivity contribution < 1.29 is 9.90 Å². The number of carboxylic acid groups (broad SMARTS) is 1. The quantitative estimate of drug-likeness (QED) is 0.881. The van der Waals surface area contributed by atoms with E-state index in [0.29, 0.717) is 12.2 Å². The summed E-state index contributed by atoms with van der Waals surface area (Å²) in [6.45, 7) is 0.661. The van der Waals surface area contributed by atoms with Crippen LogP contribution < -0.4 is 5.32 Å². The lowest BCUT2D eigenvalue weighted by molar-refractivity contribution is 0.0698. The standard InChI is InChI=1S/C20H16N2O2/c23-20(24)16-8-9-21-12-19(16)22-11-18-14-6-7-15(17(18)10-14)13-4-2-1-3-5-13/h1-10,12,18,22H,11H2,(H,23,24). The molecular formula is C20H16N2O2. The number of nitrogens with zero attached hydrogens (tertiary/aromatic N) is 1. The summed E-state index contributed by atoms with van der Waals surface area (Å²) in [5.41, 5.74) is 5.82. The molecule has 1 atom stereocenters. The van der Waals surface area contributed by atoms with Crippen LogP contribution in [0.1, 0.15) is 15.9 Å². The van der Waals surface area contributed by atoms with Crippen molar-refractivity contribution >= 4 is 17.2 Å². The number of hydrogen-bond donors (Lipinski definition) is 2. The van der Waals surface area contributed by atoms with Crippen molar-refractivity contribution in [3.05, 3.63) is 89.3 Å². The normalized spacial score (nSPS) is 18.0. The summed E-state index contributed by atoms with van der Waals surface area (Å²) < 4.78 is 0. The Labute approximate surface area is 139 Å². The fourth-order valence-corrected chi connectivity index (χ4v) is 3.21. The molecule has 1 aromatic heterocycles. The maximum atomic E-state index is 11.3. The molecule has 0 radical (unpaired) electrons. The maximum Gasteiger partial charge on any atom is 0.337 e. The molecule has 4 rings (SSSR count). The number of nitrogens with one attached hydrogen (secondary N) is 1. The molecule has 118 valence electrons. The van der Waals surface area contributed by atoms with Gasteiger partial charge in [0.1, 0.15) is 0 Å². The molecule has 24 heavy (non-hydrogen) atoms. The van der Waals surface area contributed by atoms with Gasteiger partial charge in [0, 0.05) is 18.7 Å². The molecule has 1 unspecified atom stereocenters. The summed E-state index contributed by atoms with van der Waals surface area (Å²) in [6, 6.07) is 11.8.